The van der Waals surface area contributed by atoms with E-state index in [4.69, 9.17) is 4.74 Å². The Hall–Kier alpha value is -2.41. The fraction of sp³-hybridized carbons (Fsp3) is 0.375. The highest BCUT2D eigenvalue weighted by Gasteiger charge is 2.23. The minimum Gasteiger partial charge on any atom is -0.383 e. The van der Waals surface area contributed by atoms with Crippen molar-refractivity contribution in [2.24, 2.45) is 7.05 Å². The maximum Gasteiger partial charge on any atom is 0.315 e. The molecule has 1 aromatic carbocycles. The second-order valence-corrected chi connectivity index (χ2v) is 5.33. The number of carbonyl (C=O) groups excluding carboxylic acids is 1. The molecular weight excluding hydrogens is 299 g/mol. The van der Waals surface area contributed by atoms with Crippen LogP contribution in [-0.2, 0) is 11.8 Å². The van der Waals surface area contributed by atoms with Crippen LogP contribution in [0.2, 0.25) is 0 Å². The number of aromatic nitrogens is 2. The fourth-order valence-corrected chi connectivity index (χ4v) is 2.33. The van der Waals surface area contributed by atoms with E-state index < -0.39 is 17.9 Å². The van der Waals surface area contributed by atoms with E-state index in [0.29, 0.717) is 18.0 Å². The number of benzene rings is 1. The molecule has 0 fully saturated rings. The summed E-state index contributed by atoms with van der Waals surface area (Å²) in [6.07, 6.45) is 3.35. The number of rotatable bonds is 6. The Kier molecular flexibility index (Phi) is 5.70. The first kappa shape index (κ1) is 17.0. The van der Waals surface area contributed by atoms with Gasteiger partial charge < -0.3 is 19.9 Å². The number of hydrogen-bond donors (Lipinski definition) is 2. The van der Waals surface area contributed by atoms with Gasteiger partial charge in [-0.2, -0.15) is 0 Å². The minimum atomic E-state index is -0.689. The van der Waals surface area contributed by atoms with E-state index in [2.05, 4.69) is 15.6 Å². The van der Waals surface area contributed by atoms with E-state index in [0.717, 1.165) is 0 Å². The Morgan fingerprint density at radius 1 is 1.39 bits per heavy atom. The Morgan fingerprint density at radius 3 is 2.74 bits per heavy atom. The number of nitrogens with one attached hydrogen (secondary N) is 2. The van der Waals surface area contributed by atoms with Crippen LogP contribution in [0.3, 0.4) is 0 Å². The number of imidazole rings is 1. The summed E-state index contributed by atoms with van der Waals surface area (Å²) in [5.41, 5.74) is 0.358. The van der Waals surface area contributed by atoms with Crippen molar-refractivity contribution in [3.05, 3.63) is 53.9 Å². The first-order chi connectivity index (χ1) is 11.0. The van der Waals surface area contributed by atoms with Crippen molar-refractivity contribution >= 4 is 6.03 Å². The van der Waals surface area contributed by atoms with Gasteiger partial charge in [-0.1, -0.05) is 18.2 Å². The van der Waals surface area contributed by atoms with Crippen LogP contribution in [0.25, 0.3) is 0 Å². The van der Waals surface area contributed by atoms with E-state index in [-0.39, 0.29) is 6.04 Å². The summed E-state index contributed by atoms with van der Waals surface area (Å²) in [4.78, 5) is 16.4. The van der Waals surface area contributed by atoms with Gasteiger partial charge in [0.2, 0.25) is 0 Å². The Bertz CT molecular complexity index is 659. The molecule has 2 aromatic rings. The predicted molar refractivity (Wildman–Crippen MR) is 84.5 cm³/mol. The molecule has 0 bridgehead atoms. The summed E-state index contributed by atoms with van der Waals surface area (Å²) in [5, 5.41) is 5.53. The molecule has 0 radical (unpaired) electrons. The number of amides is 2. The summed E-state index contributed by atoms with van der Waals surface area (Å²) in [7, 11) is 3.36. The third-order valence-electron chi connectivity index (χ3n) is 3.40. The van der Waals surface area contributed by atoms with Gasteiger partial charge in [-0.05, 0) is 13.0 Å². The lowest BCUT2D eigenvalue weighted by atomic mass is 10.1. The average molecular weight is 320 g/mol. The molecule has 0 aliphatic carbocycles. The Balaban J connectivity index is 2.24. The van der Waals surface area contributed by atoms with Crippen molar-refractivity contribution in [1.82, 2.24) is 20.2 Å². The van der Waals surface area contributed by atoms with Crippen molar-refractivity contribution in [1.29, 1.82) is 0 Å². The first-order valence-corrected chi connectivity index (χ1v) is 7.30. The number of halogens is 1. The van der Waals surface area contributed by atoms with Crippen LogP contribution in [0.15, 0.2) is 36.7 Å². The SMILES string of the molecule is COC[C@H](C)NC(=O)N[C@H](c1ccccc1F)c1nccn1C. The van der Waals surface area contributed by atoms with Gasteiger partial charge in [0.1, 0.15) is 17.7 Å². The van der Waals surface area contributed by atoms with Crippen molar-refractivity contribution in [2.75, 3.05) is 13.7 Å². The maximum atomic E-state index is 14.2. The van der Waals surface area contributed by atoms with Crippen LogP contribution in [-0.4, -0.2) is 35.3 Å². The number of hydrogen-bond acceptors (Lipinski definition) is 3. The zero-order valence-corrected chi connectivity index (χ0v) is 13.4. The maximum absolute atomic E-state index is 14.2. The van der Waals surface area contributed by atoms with Gasteiger partial charge in [-0.3, -0.25) is 0 Å². The molecule has 6 nitrogen and oxygen atoms in total. The number of aryl methyl sites for hydroxylation is 1. The van der Waals surface area contributed by atoms with Crippen LogP contribution in [0.1, 0.15) is 24.4 Å². The normalized spacial score (nSPS) is 13.4. The minimum absolute atomic E-state index is 0.164. The molecule has 0 saturated heterocycles. The van der Waals surface area contributed by atoms with E-state index in [1.807, 2.05) is 6.92 Å². The number of urea groups is 1. The van der Waals surface area contributed by atoms with Crippen LogP contribution in [0, 0.1) is 5.82 Å². The smallest absolute Gasteiger partial charge is 0.315 e. The van der Waals surface area contributed by atoms with E-state index in [1.54, 1.807) is 49.3 Å². The summed E-state index contributed by atoms with van der Waals surface area (Å²) < 4.78 is 20.9. The molecule has 0 aliphatic rings. The Labute approximate surface area is 134 Å². The summed E-state index contributed by atoms with van der Waals surface area (Å²) in [6, 6.07) is 5.06. The van der Waals surface area contributed by atoms with Gasteiger partial charge in [0.05, 0.1) is 12.6 Å². The standard InChI is InChI=1S/C16H21FN4O2/c1-11(10-23-3)19-16(22)20-14(15-18-8-9-21(15)2)12-6-4-5-7-13(12)17/h4-9,11,14H,10H2,1-3H3,(H2,19,20,22)/t11-,14+/m0/s1. The highest BCUT2D eigenvalue weighted by molar-refractivity contribution is 5.75. The highest BCUT2D eigenvalue weighted by Crippen LogP contribution is 2.22. The number of carbonyl (C=O) groups is 1. The van der Waals surface area contributed by atoms with Crippen LogP contribution < -0.4 is 10.6 Å². The van der Waals surface area contributed by atoms with Crippen molar-refractivity contribution in [3.8, 4) is 0 Å². The van der Waals surface area contributed by atoms with Gasteiger partial charge in [-0.15, -0.1) is 0 Å². The van der Waals surface area contributed by atoms with Crippen LogP contribution in [0.5, 0.6) is 0 Å². The summed E-state index contributed by atoms with van der Waals surface area (Å²) >= 11 is 0. The average Bonchev–Trinajstić information content (AvgIpc) is 2.92. The molecule has 1 aromatic heterocycles. The lowest BCUT2D eigenvalue weighted by Gasteiger charge is -2.21. The van der Waals surface area contributed by atoms with Gasteiger partial charge in [0, 0.05) is 32.1 Å². The monoisotopic (exact) mass is 320 g/mol. The third kappa shape index (κ3) is 4.29. The molecule has 0 spiro atoms. The summed E-state index contributed by atoms with van der Waals surface area (Å²) in [6.45, 7) is 2.21. The second-order valence-electron chi connectivity index (χ2n) is 5.33. The quantitative estimate of drug-likeness (QED) is 0.855. The van der Waals surface area contributed by atoms with Gasteiger partial charge >= 0.3 is 6.03 Å². The molecule has 0 unspecified atom stereocenters. The predicted octanol–water partition coefficient (Wildman–Crippen LogP) is 1.98. The molecule has 124 valence electrons. The van der Waals surface area contributed by atoms with E-state index in [9.17, 15) is 9.18 Å². The van der Waals surface area contributed by atoms with Gasteiger partial charge in [0.15, 0.2) is 0 Å². The van der Waals surface area contributed by atoms with Gasteiger partial charge in [-0.25, -0.2) is 14.2 Å². The molecule has 2 amide bonds. The molecule has 0 aliphatic heterocycles. The molecular formula is C16H21FN4O2. The lowest BCUT2D eigenvalue weighted by molar-refractivity contribution is 0.170. The highest BCUT2D eigenvalue weighted by atomic mass is 19.1. The zero-order chi connectivity index (χ0) is 16.8. The van der Waals surface area contributed by atoms with Crippen molar-refractivity contribution in [3.63, 3.8) is 0 Å². The third-order valence-corrected chi connectivity index (χ3v) is 3.40. The first-order valence-electron chi connectivity index (χ1n) is 7.30. The number of ether oxygens (including phenoxy) is 1. The number of methoxy groups -OCH3 is 1. The summed E-state index contributed by atoms with van der Waals surface area (Å²) in [5.74, 6) is 0.149. The molecule has 2 N–H and O–H groups in total. The molecule has 0 saturated carbocycles. The second kappa shape index (κ2) is 7.73. The Morgan fingerprint density at radius 2 is 2.13 bits per heavy atom. The van der Waals surface area contributed by atoms with Gasteiger partial charge in [0.25, 0.3) is 0 Å². The molecule has 2 atom stereocenters. The van der Waals surface area contributed by atoms with Crippen LogP contribution in [0.4, 0.5) is 9.18 Å². The largest absolute Gasteiger partial charge is 0.383 e. The molecule has 7 heteroatoms. The van der Waals surface area contributed by atoms with Crippen LogP contribution >= 0.6 is 0 Å². The number of nitrogens with zero attached hydrogens (tertiary/aromatic N) is 2. The fourth-order valence-electron chi connectivity index (χ4n) is 2.33. The topological polar surface area (TPSA) is 68.2 Å². The molecule has 23 heavy (non-hydrogen) atoms. The van der Waals surface area contributed by atoms with Crippen molar-refractivity contribution in [2.45, 2.75) is 19.0 Å². The molecule has 1 heterocycles. The van der Waals surface area contributed by atoms with E-state index >= 15 is 0 Å². The van der Waals surface area contributed by atoms with Crippen molar-refractivity contribution < 1.29 is 13.9 Å². The van der Waals surface area contributed by atoms with E-state index in [1.165, 1.54) is 6.07 Å². The molecule has 2 rings (SSSR count). The lowest BCUT2D eigenvalue weighted by Crippen LogP contribution is -2.44. The zero-order valence-electron chi connectivity index (χ0n) is 13.4.